The van der Waals surface area contributed by atoms with Crippen molar-refractivity contribution in [3.05, 3.63) is 0 Å². The summed E-state index contributed by atoms with van der Waals surface area (Å²) < 4.78 is 0. The first-order chi connectivity index (χ1) is 7.81. The van der Waals surface area contributed by atoms with E-state index in [1.54, 1.807) is 0 Å². The van der Waals surface area contributed by atoms with Gasteiger partial charge in [-0.3, -0.25) is 0 Å². The van der Waals surface area contributed by atoms with E-state index in [9.17, 15) is 0 Å². The van der Waals surface area contributed by atoms with E-state index in [0.29, 0.717) is 0 Å². The predicted molar refractivity (Wildman–Crippen MR) is 67.6 cm³/mol. The van der Waals surface area contributed by atoms with E-state index >= 15 is 0 Å². The second kappa shape index (κ2) is 4.66. The standard InChI is InChI=1S/C14H26N2/c1-11-4-5-12(9-11)15-13-6-8-16-7-2-3-14(16)10-13/h11-15H,2-10H2,1H3. The zero-order chi connectivity index (χ0) is 11.0. The molecule has 0 aromatic heterocycles. The Balaban J connectivity index is 1.49. The van der Waals surface area contributed by atoms with Gasteiger partial charge in [0.2, 0.25) is 0 Å². The number of hydrogen-bond donors (Lipinski definition) is 1. The fourth-order valence-electron chi connectivity index (χ4n) is 4.07. The minimum atomic E-state index is 0.828. The van der Waals surface area contributed by atoms with Crippen LogP contribution in [0, 0.1) is 5.92 Å². The van der Waals surface area contributed by atoms with Gasteiger partial charge in [-0.1, -0.05) is 6.92 Å². The molecule has 16 heavy (non-hydrogen) atoms. The number of nitrogens with one attached hydrogen (secondary N) is 1. The molecule has 0 radical (unpaired) electrons. The average Bonchev–Trinajstić information content (AvgIpc) is 2.87. The number of nitrogens with zero attached hydrogens (tertiary/aromatic N) is 1. The molecular formula is C14H26N2. The van der Waals surface area contributed by atoms with E-state index in [4.69, 9.17) is 0 Å². The molecule has 0 bridgehead atoms. The van der Waals surface area contributed by atoms with E-state index in [-0.39, 0.29) is 0 Å². The molecule has 0 aromatic carbocycles. The normalized spacial score (nSPS) is 44.8. The molecule has 4 unspecified atom stereocenters. The fourth-order valence-corrected chi connectivity index (χ4v) is 4.07. The quantitative estimate of drug-likeness (QED) is 0.772. The molecule has 1 saturated carbocycles. The molecule has 92 valence electrons. The molecule has 2 nitrogen and oxygen atoms in total. The molecule has 0 amide bonds. The third-order valence-electron chi connectivity index (χ3n) is 4.99. The summed E-state index contributed by atoms with van der Waals surface area (Å²) in [5.74, 6) is 0.962. The Morgan fingerprint density at radius 2 is 1.81 bits per heavy atom. The molecule has 1 aliphatic carbocycles. The molecule has 0 aromatic rings. The maximum absolute atomic E-state index is 3.93. The van der Waals surface area contributed by atoms with Crippen molar-refractivity contribution >= 4 is 0 Å². The number of fused-ring (bicyclic) bond motifs is 1. The van der Waals surface area contributed by atoms with Crippen LogP contribution in [0.5, 0.6) is 0 Å². The van der Waals surface area contributed by atoms with E-state index in [0.717, 1.165) is 24.0 Å². The Hall–Kier alpha value is -0.0800. The van der Waals surface area contributed by atoms with Crippen LogP contribution in [-0.4, -0.2) is 36.1 Å². The van der Waals surface area contributed by atoms with Gasteiger partial charge in [-0.2, -0.15) is 0 Å². The zero-order valence-electron chi connectivity index (χ0n) is 10.6. The van der Waals surface area contributed by atoms with Crippen LogP contribution in [0.4, 0.5) is 0 Å². The van der Waals surface area contributed by atoms with Crippen LogP contribution in [0.15, 0.2) is 0 Å². The third kappa shape index (κ3) is 2.28. The zero-order valence-corrected chi connectivity index (χ0v) is 10.6. The molecule has 0 spiro atoms. The summed E-state index contributed by atoms with van der Waals surface area (Å²) in [6.45, 7) is 5.13. The molecular weight excluding hydrogens is 196 g/mol. The van der Waals surface area contributed by atoms with Crippen LogP contribution in [0.2, 0.25) is 0 Å². The van der Waals surface area contributed by atoms with Gasteiger partial charge in [-0.15, -0.1) is 0 Å². The van der Waals surface area contributed by atoms with Crippen molar-refractivity contribution in [2.45, 2.75) is 70.0 Å². The summed E-state index contributed by atoms with van der Waals surface area (Å²) in [7, 11) is 0. The minimum absolute atomic E-state index is 0.828. The first-order valence-corrected chi connectivity index (χ1v) is 7.31. The minimum Gasteiger partial charge on any atom is -0.311 e. The molecule has 2 saturated heterocycles. The van der Waals surface area contributed by atoms with E-state index < -0.39 is 0 Å². The average molecular weight is 222 g/mol. The van der Waals surface area contributed by atoms with E-state index in [1.807, 2.05) is 0 Å². The third-order valence-corrected chi connectivity index (χ3v) is 4.99. The van der Waals surface area contributed by atoms with Crippen molar-refractivity contribution in [2.24, 2.45) is 5.92 Å². The summed E-state index contributed by atoms with van der Waals surface area (Å²) in [4.78, 5) is 2.72. The van der Waals surface area contributed by atoms with Crippen molar-refractivity contribution in [3.63, 3.8) is 0 Å². The molecule has 2 heteroatoms. The topological polar surface area (TPSA) is 15.3 Å². The van der Waals surface area contributed by atoms with Gasteiger partial charge in [0, 0.05) is 18.1 Å². The highest BCUT2D eigenvalue weighted by molar-refractivity contribution is 4.91. The Bertz CT molecular complexity index is 241. The molecule has 3 rings (SSSR count). The largest absolute Gasteiger partial charge is 0.311 e. The van der Waals surface area contributed by atoms with Crippen LogP contribution in [-0.2, 0) is 0 Å². The van der Waals surface area contributed by atoms with Gasteiger partial charge in [0.25, 0.3) is 0 Å². The fraction of sp³-hybridized carbons (Fsp3) is 1.00. The second-order valence-corrected chi connectivity index (χ2v) is 6.34. The van der Waals surface area contributed by atoms with Gasteiger partial charge >= 0.3 is 0 Å². The predicted octanol–water partition coefficient (Wildman–Crippen LogP) is 2.39. The van der Waals surface area contributed by atoms with Crippen LogP contribution in [0.3, 0.4) is 0 Å². The summed E-state index contributed by atoms with van der Waals surface area (Å²) in [5.41, 5.74) is 0. The van der Waals surface area contributed by atoms with Gasteiger partial charge in [0.15, 0.2) is 0 Å². The maximum Gasteiger partial charge on any atom is 0.0111 e. The molecule has 3 aliphatic rings. The highest BCUT2D eigenvalue weighted by Crippen LogP contribution is 2.29. The highest BCUT2D eigenvalue weighted by Gasteiger charge is 2.33. The lowest BCUT2D eigenvalue weighted by molar-refractivity contribution is 0.160. The van der Waals surface area contributed by atoms with Crippen LogP contribution in [0.1, 0.15) is 51.9 Å². The van der Waals surface area contributed by atoms with Crippen molar-refractivity contribution in [1.82, 2.24) is 10.2 Å². The van der Waals surface area contributed by atoms with E-state index in [1.165, 1.54) is 58.0 Å². The van der Waals surface area contributed by atoms with Crippen LogP contribution < -0.4 is 5.32 Å². The Labute approximate surface area is 99.8 Å². The second-order valence-electron chi connectivity index (χ2n) is 6.34. The molecule has 2 aliphatic heterocycles. The highest BCUT2D eigenvalue weighted by atomic mass is 15.2. The molecule has 4 atom stereocenters. The van der Waals surface area contributed by atoms with Crippen molar-refractivity contribution < 1.29 is 0 Å². The number of hydrogen-bond acceptors (Lipinski definition) is 2. The summed E-state index contributed by atoms with van der Waals surface area (Å²) in [6.07, 6.45) is 10.0. The Morgan fingerprint density at radius 1 is 0.938 bits per heavy atom. The lowest BCUT2D eigenvalue weighted by Crippen LogP contribution is -2.48. The first-order valence-electron chi connectivity index (χ1n) is 7.31. The van der Waals surface area contributed by atoms with Crippen molar-refractivity contribution in [2.75, 3.05) is 13.1 Å². The number of rotatable bonds is 2. The first kappa shape index (κ1) is 11.0. The smallest absolute Gasteiger partial charge is 0.0111 e. The Morgan fingerprint density at radius 3 is 2.62 bits per heavy atom. The van der Waals surface area contributed by atoms with Gasteiger partial charge in [-0.25, -0.2) is 0 Å². The van der Waals surface area contributed by atoms with Gasteiger partial charge in [0.1, 0.15) is 0 Å². The summed E-state index contributed by atoms with van der Waals surface area (Å²) in [6, 6.07) is 2.59. The number of piperidine rings is 1. The van der Waals surface area contributed by atoms with Gasteiger partial charge in [-0.05, 0) is 64.0 Å². The van der Waals surface area contributed by atoms with Gasteiger partial charge in [0.05, 0.1) is 0 Å². The van der Waals surface area contributed by atoms with Crippen LogP contribution in [0.25, 0.3) is 0 Å². The molecule has 3 fully saturated rings. The molecule has 1 N–H and O–H groups in total. The maximum atomic E-state index is 3.93. The van der Waals surface area contributed by atoms with Crippen molar-refractivity contribution in [3.8, 4) is 0 Å². The van der Waals surface area contributed by atoms with Crippen molar-refractivity contribution in [1.29, 1.82) is 0 Å². The monoisotopic (exact) mass is 222 g/mol. The lowest BCUT2D eigenvalue weighted by atomic mass is 9.96. The lowest BCUT2D eigenvalue weighted by Gasteiger charge is -2.36. The summed E-state index contributed by atoms with van der Waals surface area (Å²) >= 11 is 0. The Kier molecular flexibility index (Phi) is 3.21. The molecule has 2 heterocycles. The SMILES string of the molecule is CC1CCC(NC2CCN3CCCC3C2)C1. The van der Waals surface area contributed by atoms with E-state index in [2.05, 4.69) is 17.1 Å². The summed E-state index contributed by atoms with van der Waals surface area (Å²) in [5, 5.41) is 3.93. The van der Waals surface area contributed by atoms with Crippen LogP contribution >= 0.6 is 0 Å². The van der Waals surface area contributed by atoms with Gasteiger partial charge < -0.3 is 10.2 Å².